The molecule has 2 aromatic rings. The minimum atomic E-state index is -3.03. The summed E-state index contributed by atoms with van der Waals surface area (Å²) in [7, 11) is 0. The van der Waals surface area contributed by atoms with Crippen molar-refractivity contribution in [1.82, 2.24) is 24.9 Å². The Labute approximate surface area is 335 Å². The van der Waals surface area contributed by atoms with Gasteiger partial charge in [-0.2, -0.15) is 0 Å². The van der Waals surface area contributed by atoms with Gasteiger partial charge in [0.2, 0.25) is 0 Å². The molecule has 0 aromatic heterocycles. The molecule has 1 saturated carbocycles. The topological polar surface area (TPSA) is 91.8 Å². The van der Waals surface area contributed by atoms with E-state index < -0.39 is 17.9 Å². The number of rotatable bonds is 14. The van der Waals surface area contributed by atoms with Gasteiger partial charge in [0.05, 0.1) is 19.1 Å². The quantitative estimate of drug-likeness (QED) is 0.243. The first-order valence-electron chi connectivity index (χ1n) is 21.2. The monoisotopic (exact) mass is 792 g/mol. The Morgan fingerprint density at radius 1 is 0.825 bits per heavy atom. The van der Waals surface area contributed by atoms with Crippen LogP contribution in [0.1, 0.15) is 49.7 Å². The SMILES string of the molecule is C=C(CN1CCOCC1)C(=O)N1CC(C(F)(F)c2ccc(N3CC(CN4CCC(C(CN5CCC5)(c5cccc(F)c5)[C@H]5CCC[C@@H]5NC(=O)O)CC4)C3)cc2)C1. The summed E-state index contributed by atoms with van der Waals surface area (Å²) in [5.74, 6) is -3.55. The number of benzene rings is 2. The van der Waals surface area contributed by atoms with E-state index in [9.17, 15) is 19.1 Å². The Morgan fingerprint density at radius 2 is 1.54 bits per heavy atom. The molecular weight excluding hydrogens is 734 g/mol. The molecule has 2 aromatic carbocycles. The number of halogens is 3. The fraction of sp³-hybridized carbons (Fsp3) is 0.636. The predicted molar refractivity (Wildman–Crippen MR) is 213 cm³/mol. The highest BCUT2D eigenvalue weighted by atomic mass is 19.3. The van der Waals surface area contributed by atoms with E-state index in [2.05, 4.69) is 37.6 Å². The number of carbonyl (C=O) groups is 2. The van der Waals surface area contributed by atoms with Gasteiger partial charge in [0.15, 0.2) is 0 Å². The molecule has 10 nitrogen and oxygen atoms in total. The molecule has 0 spiro atoms. The second-order valence-electron chi connectivity index (χ2n) is 17.7. The lowest BCUT2D eigenvalue weighted by Gasteiger charge is -2.54. The van der Waals surface area contributed by atoms with Crippen LogP contribution in [0.2, 0.25) is 0 Å². The van der Waals surface area contributed by atoms with Crippen molar-refractivity contribution in [3.8, 4) is 0 Å². The van der Waals surface area contributed by atoms with Gasteiger partial charge in [-0.25, -0.2) is 18.0 Å². The van der Waals surface area contributed by atoms with E-state index in [1.807, 2.05) is 6.07 Å². The molecule has 5 aliphatic heterocycles. The predicted octanol–water partition coefficient (Wildman–Crippen LogP) is 5.49. The minimum absolute atomic E-state index is 0.0125. The third kappa shape index (κ3) is 8.45. The van der Waals surface area contributed by atoms with Crippen LogP contribution in [-0.2, 0) is 20.9 Å². The first-order valence-corrected chi connectivity index (χ1v) is 21.2. The molecular formula is C44H59F3N6O4. The normalized spacial score (nSPS) is 25.7. The molecule has 5 heterocycles. The van der Waals surface area contributed by atoms with Crippen LogP contribution in [-0.4, -0.2) is 141 Å². The number of morpholine rings is 1. The lowest BCUT2D eigenvalue weighted by atomic mass is 9.57. The van der Waals surface area contributed by atoms with Crippen LogP contribution in [0.25, 0.3) is 0 Å². The van der Waals surface area contributed by atoms with E-state index in [-0.39, 0.29) is 47.8 Å². The van der Waals surface area contributed by atoms with Gasteiger partial charge in [-0.3, -0.25) is 9.69 Å². The van der Waals surface area contributed by atoms with E-state index in [0.29, 0.717) is 37.2 Å². The van der Waals surface area contributed by atoms with Crippen LogP contribution in [0, 0.1) is 29.5 Å². The van der Waals surface area contributed by atoms with Crippen molar-refractivity contribution in [2.75, 3.05) is 103 Å². The van der Waals surface area contributed by atoms with E-state index in [1.54, 1.807) is 30.3 Å². The number of carbonyl (C=O) groups excluding carboxylic acids is 1. The van der Waals surface area contributed by atoms with E-state index in [4.69, 9.17) is 4.74 Å². The molecule has 310 valence electrons. The molecule has 3 atom stereocenters. The minimum Gasteiger partial charge on any atom is -0.465 e. The van der Waals surface area contributed by atoms with Crippen molar-refractivity contribution in [3.63, 3.8) is 0 Å². The summed E-state index contributed by atoms with van der Waals surface area (Å²) < 4.78 is 51.5. The first-order chi connectivity index (χ1) is 27.5. The van der Waals surface area contributed by atoms with E-state index in [1.165, 1.54) is 11.0 Å². The average Bonchev–Trinajstić information content (AvgIpc) is 3.60. The van der Waals surface area contributed by atoms with Crippen LogP contribution >= 0.6 is 0 Å². The Balaban J connectivity index is 0.840. The molecule has 13 heteroatoms. The maximum Gasteiger partial charge on any atom is 0.404 e. The van der Waals surface area contributed by atoms with Crippen molar-refractivity contribution in [3.05, 3.63) is 77.6 Å². The third-order valence-corrected chi connectivity index (χ3v) is 14.2. The summed E-state index contributed by atoms with van der Waals surface area (Å²) >= 11 is 0. The van der Waals surface area contributed by atoms with Crippen LogP contribution in [0.5, 0.6) is 0 Å². The zero-order chi connectivity index (χ0) is 39.7. The zero-order valence-corrected chi connectivity index (χ0v) is 33.1. The number of piperidine rings is 1. The standard InChI is InChI=1S/C44H59F3N6O4/c1-31(24-50-19-21-57-22-20-50)41(54)53-28-36(29-53)44(46,47)34-9-11-38(12-10-34)52-26-32(27-52)25-49-17-13-33(14-18-49)43(30-51-15-4-16-51,35-5-2-6-37(45)23-35)39-7-3-8-40(39)48-42(55)56/h2,5-6,9-12,23,32-33,36,39-40,48H,1,3-4,7-8,13-22,24-30H2,(H,55,56)/t39-,40-,43?/m0/s1. The van der Waals surface area contributed by atoms with Crippen LogP contribution in [0.15, 0.2) is 60.7 Å². The molecule has 8 rings (SSSR count). The van der Waals surface area contributed by atoms with Crippen LogP contribution < -0.4 is 10.2 Å². The lowest BCUT2D eigenvalue weighted by molar-refractivity contribution is -0.153. The lowest BCUT2D eigenvalue weighted by Crippen LogP contribution is -2.60. The van der Waals surface area contributed by atoms with Crippen molar-refractivity contribution in [2.24, 2.45) is 23.7 Å². The van der Waals surface area contributed by atoms with Gasteiger partial charge in [-0.1, -0.05) is 37.3 Å². The van der Waals surface area contributed by atoms with Gasteiger partial charge < -0.3 is 34.8 Å². The second kappa shape index (κ2) is 16.9. The van der Waals surface area contributed by atoms with Crippen LogP contribution in [0.4, 0.5) is 23.7 Å². The highest BCUT2D eigenvalue weighted by Crippen LogP contribution is 2.52. The Hall–Kier alpha value is -3.65. The highest BCUT2D eigenvalue weighted by molar-refractivity contribution is 5.93. The summed E-state index contributed by atoms with van der Waals surface area (Å²) in [6, 6.07) is 13.7. The zero-order valence-electron chi connectivity index (χ0n) is 33.1. The van der Waals surface area contributed by atoms with Gasteiger partial charge in [-0.15, -0.1) is 0 Å². The number of likely N-dealkylation sites (tertiary alicyclic amines) is 3. The Morgan fingerprint density at radius 3 is 2.19 bits per heavy atom. The Bertz CT molecular complexity index is 1740. The molecule has 2 N–H and O–H groups in total. The number of alkyl halides is 2. The Kier molecular flexibility index (Phi) is 11.9. The molecule has 1 unspecified atom stereocenters. The molecule has 6 aliphatic rings. The molecule has 6 fully saturated rings. The summed E-state index contributed by atoms with van der Waals surface area (Å²) in [5, 5.41) is 12.6. The largest absolute Gasteiger partial charge is 0.465 e. The van der Waals surface area contributed by atoms with Gasteiger partial charge in [0, 0.05) is 93.1 Å². The number of carboxylic acid groups (broad SMARTS) is 1. The summed E-state index contributed by atoms with van der Waals surface area (Å²) in [6.45, 7) is 14.6. The fourth-order valence-electron chi connectivity index (χ4n) is 10.9. The molecule has 0 radical (unpaired) electrons. The number of nitrogens with zero attached hydrogens (tertiary/aromatic N) is 5. The molecule has 57 heavy (non-hydrogen) atoms. The van der Waals surface area contributed by atoms with E-state index >= 15 is 8.78 Å². The van der Waals surface area contributed by atoms with Gasteiger partial charge >= 0.3 is 6.09 Å². The number of hydrogen-bond donors (Lipinski definition) is 2. The first kappa shape index (κ1) is 40.1. The molecule has 1 aliphatic carbocycles. The number of anilines is 1. The summed E-state index contributed by atoms with van der Waals surface area (Å²) in [5.41, 5.74) is 2.04. The van der Waals surface area contributed by atoms with Gasteiger partial charge in [0.1, 0.15) is 5.82 Å². The third-order valence-electron chi connectivity index (χ3n) is 14.2. The summed E-state index contributed by atoms with van der Waals surface area (Å²) in [4.78, 5) is 35.7. The fourth-order valence-corrected chi connectivity index (χ4v) is 10.9. The number of nitrogens with one attached hydrogen (secondary N) is 1. The van der Waals surface area contributed by atoms with Crippen molar-refractivity contribution in [1.29, 1.82) is 0 Å². The molecule has 0 bridgehead atoms. The van der Waals surface area contributed by atoms with Crippen molar-refractivity contribution < 1.29 is 32.6 Å². The molecule has 5 saturated heterocycles. The average molecular weight is 793 g/mol. The van der Waals surface area contributed by atoms with Gasteiger partial charge in [0.25, 0.3) is 11.8 Å². The number of amides is 2. The number of hydrogen-bond acceptors (Lipinski definition) is 7. The maximum absolute atomic E-state index is 15.6. The summed E-state index contributed by atoms with van der Waals surface area (Å²) in [6.07, 6.45) is 4.82. The number of ether oxygens (including phenoxy) is 1. The smallest absolute Gasteiger partial charge is 0.404 e. The molecule has 2 amide bonds. The van der Waals surface area contributed by atoms with Crippen molar-refractivity contribution >= 4 is 17.7 Å². The van der Waals surface area contributed by atoms with Crippen LogP contribution in [0.3, 0.4) is 0 Å². The van der Waals surface area contributed by atoms with Gasteiger partial charge in [-0.05, 0) is 99.9 Å². The maximum atomic E-state index is 15.6. The van der Waals surface area contributed by atoms with Crippen molar-refractivity contribution in [2.45, 2.75) is 55.9 Å². The highest BCUT2D eigenvalue weighted by Gasteiger charge is 2.53. The second-order valence-corrected chi connectivity index (χ2v) is 17.7. The van der Waals surface area contributed by atoms with E-state index in [0.717, 1.165) is 115 Å².